The van der Waals surface area contributed by atoms with E-state index < -0.39 is 16.6 Å². The number of nitrogens with zero attached hydrogens (tertiary/aromatic N) is 3. The molecule has 0 aliphatic carbocycles. The minimum atomic E-state index is -0.751. The SMILES string of the molecule is O=C(CSc1nnc(NCc2ccco2)s1)Nc1cc([N+](=O)[O-])ccc1F. The maximum atomic E-state index is 13.7. The summed E-state index contributed by atoms with van der Waals surface area (Å²) in [6, 6.07) is 6.53. The molecule has 27 heavy (non-hydrogen) atoms. The number of nitrogens with one attached hydrogen (secondary N) is 2. The highest BCUT2D eigenvalue weighted by Gasteiger charge is 2.14. The molecular formula is C15H12FN5O4S2. The van der Waals surface area contributed by atoms with Crippen LogP contribution in [0.5, 0.6) is 0 Å². The van der Waals surface area contributed by atoms with Crippen molar-refractivity contribution < 1.29 is 18.5 Å². The van der Waals surface area contributed by atoms with E-state index in [1.165, 1.54) is 11.3 Å². The lowest BCUT2D eigenvalue weighted by Gasteiger charge is -2.05. The van der Waals surface area contributed by atoms with Gasteiger partial charge >= 0.3 is 0 Å². The van der Waals surface area contributed by atoms with Gasteiger partial charge in [-0.3, -0.25) is 14.9 Å². The van der Waals surface area contributed by atoms with Crippen LogP contribution in [0.1, 0.15) is 5.76 Å². The molecule has 12 heteroatoms. The van der Waals surface area contributed by atoms with Gasteiger partial charge in [0.05, 0.1) is 29.2 Å². The van der Waals surface area contributed by atoms with Crippen molar-refractivity contribution in [1.82, 2.24) is 10.2 Å². The van der Waals surface area contributed by atoms with Gasteiger partial charge in [0, 0.05) is 12.1 Å². The van der Waals surface area contributed by atoms with Crippen molar-refractivity contribution in [1.29, 1.82) is 0 Å². The lowest BCUT2D eigenvalue weighted by atomic mass is 10.2. The lowest BCUT2D eigenvalue weighted by molar-refractivity contribution is -0.384. The average Bonchev–Trinajstić information content (AvgIpc) is 3.31. The molecule has 0 radical (unpaired) electrons. The largest absolute Gasteiger partial charge is 0.467 e. The topological polar surface area (TPSA) is 123 Å². The first kappa shape index (κ1) is 18.8. The van der Waals surface area contributed by atoms with Crippen molar-refractivity contribution in [2.75, 3.05) is 16.4 Å². The first-order valence-electron chi connectivity index (χ1n) is 7.47. The summed E-state index contributed by atoms with van der Waals surface area (Å²) in [6.07, 6.45) is 1.57. The molecule has 2 aromatic heterocycles. The van der Waals surface area contributed by atoms with Crippen molar-refractivity contribution in [3.63, 3.8) is 0 Å². The van der Waals surface area contributed by atoms with Gasteiger partial charge in [-0.1, -0.05) is 23.1 Å². The normalized spacial score (nSPS) is 10.6. The number of thioether (sulfide) groups is 1. The number of nitro groups is 1. The van der Waals surface area contributed by atoms with Crippen LogP contribution < -0.4 is 10.6 Å². The monoisotopic (exact) mass is 409 g/mol. The summed E-state index contributed by atoms with van der Waals surface area (Å²) in [5, 5.41) is 24.6. The van der Waals surface area contributed by atoms with E-state index in [-0.39, 0.29) is 17.1 Å². The third kappa shape index (κ3) is 5.24. The van der Waals surface area contributed by atoms with Gasteiger partial charge in [-0.15, -0.1) is 10.2 Å². The molecule has 0 fully saturated rings. The molecule has 0 saturated carbocycles. The van der Waals surface area contributed by atoms with Crippen LogP contribution in [0.15, 0.2) is 45.4 Å². The van der Waals surface area contributed by atoms with Crippen LogP contribution >= 0.6 is 23.1 Å². The van der Waals surface area contributed by atoms with Crippen molar-refractivity contribution in [2.24, 2.45) is 0 Å². The fourth-order valence-electron chi connectivity index (χ4n) is 1.95. The predicted octanol–water partition coefficient (Wildman–Crippen LogP) is 3.52. The minimum absolute atomic E-state index is 0.0467. The van der Waals surface area contributed by atoms with Crippen LogP contribution in [-0.2, 0) is 11.3 Å². The molecule has 2 N–H and O–H groups in total. The summed E-state index contributed by atoms with van der Waals surface area (Å²) in [5.74, 6) is -0.564. The van der Waals surface area contributed by atoms with Crippen LogP contribution in [0.25, 0.3) is 0 Å². The zero-order valence-electron chi connectivity index (χ0n) is 13.5. The van der Waals surface area contributed by atoms with Gasteiger partial charge in [0.1, 0.15) is 11.6 Å². The molecule has 0 unspecified atom stereocenters. The van der Waals surface area contributed by atoms with Crippen LogP contribution in [-0.4, -0.2) is 26.8 Å². The first-order valence-corrected chi connectivity index (χ1v) is 9.28. The van der Waals surface area contributed by atoms with E-state index in [1.807, 2.05) is 6.07 Å². The molecule has 0 aliphatic heterocycles. The van der Waals surface area contributed by atoms with Gasteiger partial charge in [0.2, 0.25) is 11.0 Å². The van der Waals surface area contributed by atoms with E-state index in [1.54, 1.807) is 12.3 Å². The zero-order valence-corrected chi connectivity index (χ0v) is 15.2. The number of halogens is 1. The van der Waals surface area contributed by atoms with Gasteiger partial charge in [-0.2, -0.15) is 0 Å². The molecule has 140 valence electrons. The fraction of sp³-hybridized carbons (Fsp3) is 0.133. The van der Waals surface area contributed by atoms with E-state index >= 15 is 0 Å². The Morgan fingerprint density at radius 2 is 2.22 bits per heavy atom. The molecule has 0 aliphatic rings. The second-order valence-electron chi connectivity index (χ2n) is 5.06. The van der Waals surface area contributed by atoms with Gasteiger partial charge in [-0.25, -0.2) is 4.39 Å². The molecule has 0 spiro atoms. The Morgan fingerprint density at radius 1 is 1.37 bits per heavy atom. The number of hydrogen-bond donors (Lipinski definition) is 2. The summed E-state index contributed by atoms with van der Waals surface area (Å²) in [7, 11) is 0. The standard InChI is InChI=1S/C15H12FN5O4S2/c16-11-4-3-9(21(23)24)6-12(11)18-13(22)8-26-15-20-19-14(27-15)17-7-10-2-1-5-25-10/h1-6H,7-8H2,(H,17,19)(H,18,22). The molecule has 1 aromatic carbocycles. The van der Waals surface area contributed by atoms with Gasteiger partial charge in [-0.05, 0) is 18.2 Å². The lowest BCUT2D eigenvalue weighted by Crippen LogP contribution is -2.15. The van der Waals surface area contributed by atoms with Crippen LogP contribution in [0.2, 0.25) is 0 Å². The molecule has 3 aromatic rings. The molecule has 1 amide bonds. The molecular weight excluding hydrogens is 397 g/mol. The van der Waals surface area contributed by atoms with E-state index in [0.717, 1.165) is 35.7 Å². The van der Waals surface area contributed by atoms with E-state index in [2.05, 4.69) is 20.8 Å². The number of aromatic nitrogens is 2. The number of carbonyl (C=O) groups excluding carboxylic acids is 1. The second-order valence-corrected chi connectivity index (χ2v) is 7.26. The molecule has 0 atom stereocenters. The Balaban J connectivity index is 1.51. The molecule has 0 saturated heterocycles. The maximum Gasteiger partial charge on any atom is 0.271 e. The van der Waals surface area contributed by atoms with E-state index in [4.69, 9.17) is 4.42 Å². The number of benzene rings is 1. The van der Waals surface area contributed by atoms with Crippen LogP contribution in [0, 0.1) is 15.9 Å². The quantitative estimate of drug-likeness (QED) is 0.329. The Bertz CT molecular complexity index is 948. The number of carbonyl (C=O) groups is 1. The number of amides is 1. The Hall–Kier alpha value is -2.99. The van der Waals surface area contributed by atoms with Gasteiger partial charge in [0.25, 0.3) is 5.69 Å². The highest BCUT2D eigenvalue weighted by Crippen LogP contribution is 2.26. The van der Waals surface area contributed by atoms with Crippen molar-refractivity contribution in [3.8, 4) is 0 Å². The number of rotatable bonds is 8. The Kier molecular flexibility index (Phi) is 5.98. The third-order valence-corrected chi connectivity index (χ3v) is 5.18. The first-order chi connectivity index (χ1) is 13.0. The van der Waals surface area contributed by atoms with Gasteiger partial charge < -0.3 is 15.1 Å². The predicted molar refractivity (Wildman–Crippen MR) is 98.4 cm³/mol. The summed E-state index contributed by atoms with van der Waals surface area (Å²) in [6.45, 7) is 0.457. The maximum absolute atomic E-state index is 13.7. The summed E-state index contributed by atoms with van der Waals surface area (Å²) < 4.78 is 19.4. The molecule has 0 bridgehead atoms. The number of anilines is 2. The molecule has 9 nitrogen and oxygen atoms in total. The van der Waals surface area contributed by atoms with Gasteiger partial charge in [0.15, 0.2) is 4.34 Å². The van der Waals surface area contributed by atoms with Crippen molar-refractivity contribution in [2.45, 2.75) is 10.9 Å². The Labute approximate surface area is 160 Å². The average molecular weight is 409 g/mol. The molecule has 3 rings (SSSR count). The minimum Gasteiger partial charge on any atom is -0.467 e. The van der Waals surface area contributed by atoms with Crippen LogP contribution in [0.4, 0.5) is 20.9 Å². The summed E-state index contributed by atoms with van der Waals surface area (Å²) >= 11 is 2.38. The smallest absolute Gasteiger partial charge is 0.271 e. The fourth-order valence-corrected chi connectivity index (χ4v) is 3.50. The van der Waals surface area contributed by atoms with E-state index in [0.29, 0.717) is 16.0 Å². The van der Waals surface area contributed by atoms with Crippen molar-refractivity contribution in [3.05, 3.63) is 58.3 Å². The highest BCUT2D eigenvalue weighted by atomic mass is 32.2. The zero-order chi connectivity index (χ0) is 19.2. The summed E-state index contributed by atoms with van der Waals surface area (Å²) in [4.78, 5) is 22.0. The van der Waals surface area contributed by atoms with E-state index in [9.17, 15) is 19.3 Å². The number of nitro benzene ring substituents is 1. The number of furan rings is 1. The Morgan fingerprint density at radius 3 is 2.96 bits per heavy atom. The summed E-state index contributed by atoms with van der Waals surface area (Å²) in [5.41, 5.74) is -0.552. The van der Waals surface area contributed by atoms with Crippen molar-refractivity contribution >= 4 is 45.5 Å². The molecule has 2 heterocycles. The number of non-ortho nitro benzene ring substituents is 1. The van der Waals surface area contributed by atoms with Crippen LogP contribution in [0.3, 0.4) is 0 Å². The third-order valence-electron chi connectivity index (χ3n) is 3.16. The number of hydrogen-bond acceptors (Lipinski definition) is 9. The second kappa shape index (κ2) is 8.60. The highest BCUT2D eigenvalue weighted by molar-refractivity contribution is 8.01.